The van der Waals surface area contributed by atoms with Crippen molar-refractivity contribution in [2.24, 2.45) is 5.92 Å². The maximum Gasteiger partial charge on any atom is 0.00915 e. The fourth-order valence-electron chi connectivity index (χ4n) is 3.81. The van der Waals surface area contributed by atoms with Gasteiger partial charge in [0.25, 0.3) is 0 Å². The fraction of sp³-hybridized carbons (Fsp3) is 0.667. The smallest absolute Gasteiger partial charge is 0.00915 e. The van der Waals surface area contributed by atoms with Crippen molar-refractivity contribution in [3.63, 3.8) is 0 Å². The Morgan fingerprint density at radius 2 is 1.85 bits per heavy atom. The van der Waals surface area contributed by atoms with Crippen LogP contribution in [0.3, 0.4) is 0 Å². The summed E-state index contributed by atoms with van der Waals surface area (Å²) < 4.78 is 0. The number of likely N-dealkylation sites (tertiary alicyclic amines) is 1. The van der Waals surface area contributed by atoms with Crippen LogP contribution in [-0.2, 0) is 6.42 Å². The molecular formula is C18H26N2. The predicted octanol–water partition coefficient (Wildman–Crippen LogP) is 2.79. The highest BCUT2D eigenvalue weighted by molar-refractivity contribution is 5.40. The maximum atomic E-state index is 3.77. The predicted molar refractivity (Wildman–Crippen MR) is 83.1 cm³/mol. The molecule has 3 aliphatic rings. The van der Waals surface area contributed by atoms with Crippen LogP contribution in [0.25, 0.3) is 0 Å². The van der Waals surface area contributed by atoms with Gasteiger partial charge in [-0.1, -0.05) is 24.3 Å². The number of rotatable bonds is 5. The summed E-state index contributed by atoms with van der Waals surface area (Å²) in [4.78, 5) is 2.69. The molecule has 2 nitrogen and oxygen atoms in total. The first-order chi connectivity index (χ1) is 9.88. The number of fused-ring (bicyclic) bond motifs is 1. The van der Waals surface area contributed by atoms with E-state index in [1.807, 2.05) is 0 Å². The Bertz CT molecular complexity index is 458. The third-order valence-electron chi connectivity index (χ3n) is 5.42. The van der Waals surface area contributed by atoms with E-state index in [4.69, 9.17) is 0 Å². The molecule has 1 aromatic rings. The Balaban J connectivity index is 1.22. The van der Waals surface area contributed by atoms with Crippen molar-refractivity contribution in [2.45, 2.75) is 44.1 Å². The van der Waals surface area contributed by atoms with Crippen LogP contribution in [0.4, 0.5) is 0 Å². The largest absolute Gasteiger partial charge is 0.314 e. The monoisotopic (exact) mass is 270 g/mol. The summed E-state index contributed by atoms with van der Waals surface area (Å²) in [6.45, 7) is 5.15. The van der Waals surface area contributed by atoms with Gasteiger partial charge in [-0.05, 0) is 68.8 Å². The normalized spacial score (nSPS) is 27.1. The standard InChI is InChI=1S/C18H26N2/c1-2-4-18-15(3-1)11-16(18)13-20-9-7-17(8-10-20)19-12-14-5-6-14/h1-4,14,16-17,19H,5-13H2. The van der Waals surface area contributed by atoms with Gasteiger partial charge in [0.05, 0.1) is 0 Å². The molecule has 1 heterocycles. The van der Waals surface area contributed by atoms with Crippen LogP contribution < -0.4 is 5.32 Å². The van der Waals surface area contributed by atoms with Crippen molar-refractivity contribution in [3.05, 3.63) is 35.4 Å². The lowest BCUT2D eigenvalue weighted by atomic mass is 9.77. The molecule has 1 aliphatic heterocycles. The van der Waals surface area contributed by atoms with E-state index >= 15 is 0 Å². The lowest BCUT2D eigenvalue weighted by Crippen LogP contribution is -2.45. The average Bonchev–Trinajstić information content (AvgIpc) is 3.28. The molecule has 0 aromatic heterocycles. The third-order valence-corrected chi connectivity index (χ3v) is 5.42. The van der Waals surface area contributed by atoms with Gasteiger partial charge in [0, 0.05) is 18.5 Å². The molecule has 0 radical (unpaired) electrons. The van der Waals surface area contributed by atoms with Crippen LogP contribution in [-0.4, -0.2) is 37.1 Å². The number of hydrogen-bond donors (Lipinski definition) is 1. The minimum Gasteiger partial charge on any atom is -0.314 e. The quantitative estimate of drug-likeness (QED) is 0.885. The molecule has 1 N–H and O–H groups in total. The molecule has 4 rings (SSSR count). The molecule has 1 unspecified atom stereocenters. The summed E-state index contributed by atoms with van der Waals surface area (Å²) in [5.74, 6) is 1.82. The second-order valence-electron chi connectivity index (χ2n) is 7.03. The lowest BCUT2D eigenvalue weighted by Gasteiger charge is -2.38. The van der Waals surface area contributed by atoms with Gasteiger partial charge in [0.1, 0.15) is 0 Å². The Labute approximate surface area is 122 Å². The van der Waals surface area contributed by atoms with Crippen molar-refractivity contribution < 1.29 is 0 Å². The molecule has 1 aromatic carbocycles. The molecule has 2 fully saturated rings. The topological polar surface area (TPSA) is 15.3 Å². The van der Waals surface area contributed by atoms with Gasteiger partial charge in [0.2, 0.25) is 0 Å². The Morgan fingerprint density at radius 3 is 2.60 bits per heavy atom. The molecule has 2 heteroatoms. The number of benzene rings is 1. The number of nitrogens with one attached hydrogen (secondary N) is 1. The van der Waals surface area contributed by atoms with Gasteiger partial charge in [-0.25, -0.2) is 0 Å². The molecule has 1 saturated carbocycles. The molecule has 0 spiro atoms. The van der Waals surface area contributed by atoms with Crippen LogP contribution >= 0.6 is 0 Å². The Morgan fingerprint density at radius 1 is 1.05 bits per heavy atom. The summed E-state index contributed by atoms with van der Waals surface area (Å²) in [5.41, 5.74) is 3.19. The first kappa shape index (κ1) is 12.8. The van der Waals surface area contributed by atoms with E-state index in [0.717, 1.165) is 17.9 Å². The fourth-order valence-corrected chi connectivity index (χ4v) is 3.81. The van der Waals surface area contributed by atoms with E-state index in [-0.39, 0.29) is 0 Å². The SMILES string of the molecule is c1ccc2c(c1)CC2CN1CCC(NCC2CC2)CC1. The first-order valence-electron chi connectivity index (χ1n) is 8.42. The van der Waals surface area contributed by atoms with Gasteiger partial charge in [0.15, 0.2) is 0 Å². The number of piperidine rings is 1. The Hall–Kier alpha value is -0.860. The van der Waals surface area contributed by atoms with E-state index < -0.39 is 0 Å². The van der Waals surface area contributed by atoms with Crippen LogP contribution in [0.1, 0.15) is 42.7 Å². The zero-order valence-corrected chi connectivity index (χ0v) is 12.4. The van der Waals surface area contributed by atoms with E-state index in [1.165, 1.54) is 58.3 Å². The van der Waals surface area contributed by atoms with Crippen molar-refractivity contribution >= 4 is 0 Å². The third kappa shape index (κ3) is 2.77. The summed E-state index contributed by atoms with van der Waals surface area (Å²) in [7, 11) is 0. The van der Waals surface area contributed by atoms with E-state index in [2.05, 4.69) is 34.5 Å². The zero-order chi connectivity index (χ0) is 13.4. The van der Waals surface area contributed by atoms with Crippen molar-refractivity contribution in [3.8, 4) is 0 Å². The van der Waals surface area contributed by atoms with Gasteiger partial charge in [-0.2, -0.15) is 0 Å². The number of hydrogen-bond acceptors (Lipinski definition) is 2. The average molecular weight is 270 g/mol. The molecule has 2 aliphatic carbocycles. The minimum atomic E-state index is 0.792. The second kappa shape index (κ2) is 5.50. The maximum absolute atomic E-state index is 3.77. The summed E-state index contributed by atoms with van der Waals surface area (Å²) in [6, 6.07) is 9.78. The highest BCUT2D eigenvalue weighted by Crippen LogP contribution is 2.35. The summed E-state index contributed by atoms with van der Waals surface area (Å²) in [6.07, 6.45) is 6.93. The van der Waals surface area contributed by atoms with E-state index in [9.17, 15) is 0 Å². The molecule has 0 bridgehead atoms. The van der Waals surface area contributed by atoms with Crippen LogP contribution in [0, 0.1) is 5.92 Å². The summed E-state index contributed by atoms with van der Waals surface area (Å²) in [5, 5.41) is 3.77. The van der Waals surface area contributed by atoms with Crippen LogP contribution in [0.5, 0.6) is 0 Å². The molecule has 1 atom stereocenters. The molecule has 0 amide bonds. The molecule has 20 heavy (non-hydrogen) atoms. The van der Waals surface area contributed by atoms with Crippen molar-refractivity contribution in [2.75, 3.05) is 26.2 Å². The highest BCUT2D eigenvalue weighted by Gasteiger charge is 2.29. The number of nitrogens with zero attached hydrogens (tertiary/aromatic N) is 1. The zero-order valence-electron chi connectivity index (χ0n) is 12.4. The van der Waals surface area contributed by atoms with Crippen LogP contribution in [0.15, 0.2) is 24.3 Å². The Kier molecular flexibility index (Phi) is 3.53. The van der Waals surface area contributed by atoms with Gasteiger partial charge < -0.3 is 10.2 Å². The van der Waals surface area contributed by atoms with Gasteiger partial charge in [-0.15, -0.1) is 0 Å². The van der Waals surface area contributed by atoms with E-state index in [1.54, 1.807) is 11.1 Å². The molecule has 108 valence electrons. The van der Waals surface area contributed by atoms with Gasteiger partial charge >= 0.3 is 0 Å². The van der Waals surface area contributed by atoms with E-state index in [0.29, 0.717) is 0 Å². The lowest BCUT2D eigenvalue weighted by molar-refractivity contribution is 0.182. The second-order valence-corrected chi connectivity index (χ2v) is 7.03. The molecule has 1 saturated heterocycles. The summed E-state index contributed by atoms with van der Waals surface area (Å²) >= 11 is 0. The van der Waals surface area contributed by atoms with Crippen LogP contribution in [0.2, 0.25) is 0 Å². The van der Waals surface area contributed by atoms with Crippen molar-refractivity contribution in [1.29, 1.82) is 0 Å². The van der Waals surface area contributed by atoms with Crippen molar-refractivity contribution in [1.82, 2.24) is 10.2 Å². The first-order valence-corrected chi connectivity index (χ1v) is 8.42. The van der Waals surface area contributed by atoms with Gasteiger partial charge in [-0.3, -0.25) is 0 Å². The minimum absolute atomic E-state index is 0.792. The highest BCUT2D eigenvalue weighted by atomic mass is 15.1. The molecular weight excluding hydrogens is 244 g/mol.